The van der Waals surface area contributed by atoms with Crippen molar-refractivity contribution >= 4 is 5.91 Å². The van der Waals surface area contributed by atoms with E-state index < -0.39 is 0 Å². The molecule has 0 aromatic rings. The molecule has 3 N–H and O–H groups in total. The first kappa shape index (κ1) is 18.4. The average Bonchev–Trinajstić information content (AvgIpc) is 2.43. The molecule has 1 unspecified atom stereocenters. The maximum Gasteiger partial charge on any atom is 0.222 e. The zero-order valence-electron chi connectivity index (χ0n) is 12.9. The molecule has 4 heteroatoms. The van der Waals surface area contributed by atoms with Crippen molar-refractivity contribution in [2.24, 2.45) is 11.7 Å². The fraction of sp³-hybridized carbons (Fsp3) is 0.933. The molecular formula is C15H32N2O2. The van der Waals surface area contributed by atoms with Crippen LogP contribution in [0.15, 0.2) is 0 Å². The van der Waals surface area contributed by atoms with Gasteiger partial charge in [0.05, 0.1) is 6.61 Å². The molecule has 114 valence electrons. The summed E-state index contributed by atoms with van der Waals surface area (Å²) in [5, 5.41) is 9.12. The fourth-order valence-electron chi connectivity index (χ4n) is 2.61. The summed E-state index contributed by atoms with van der Waals surface area (Å²) in [6.07, 6.45) is 5.46. The van der Waals surface area contributed by atoms with Crippen molar-refractivity contribution in [3.63, 3.8) is 0 Å². The molecule has 1 atom stereocenters. The van der Waals surface area contributed by atoms with Gasteiger partial charge in [0.2, 0.25) is 5.91 Å². The molecule has 0 rings (SSSR count). The van der Waals surface area contributed by atoms with Crippen LogP contribution in [0.25, 0.3) is 0 Å². The number of hydrogen-bond donors (Lipinski definition) is 2. The molecule has 4 nitrogen and oxygen atoms in total. The molecule has 0 bridgehead atoms. The van der Waals surface area contributed by atoms with Crippen LogP contribution in [0.2, 0.25) is 0 Å². The second kappa shape index (κ2) is 11.2. The summed E-state index contributed by atoms with van der Waals surface area (Å²) >= 11 is 0. The standard InChI is InChI=1S/C15H32N2O2/c1-4-13(9-10-16)7-8-15(19)17(11-12-18)14(5-2)6-3/h13-14,18H,4-12,16H2,1-3H3. The molecule has 1 amide bonds. The van der Waals surface area contributed by atoms with Crippen LogP contribution in [0.4, 0.5) is 0 Å². The third kappa shape index (κ3) is 6.92. The normalized spacial score (nSPS) is 12.7. The van der Waals surface area contributed by atoms with Gasteiger partial charge in [0, 0.05) is 19.0 Å². The summed E-state index contributed by atoms with van der Waals surface area (Å²) in [4.78, 5) is 14.2. The van der Waals surface area contributed by atoms with E-state index in [4.69, 9.17) is 10.8 Å². The Morgan fingerprint density at radius 2 is 1.79 bits per heavy atom. The van der Waals surface area contributed by atoms with Crippen LogP contribution in [0, 0.1) is 5.92 Å². The van der Waals surface area contributed by atoms with Gasteiger partial charge in [-0.1, -0.05) is 27.2 Å². The molecule has 0 saturated heterocycles. The van der Waals surface area contributed by atoms with Crippen molar-refractivity contribution in [2.45, 2.75) is 65.3 Å². The predicted molar refractivity (Wildman–Crippen MR) is 79.9 cm³/mol. The highest BCUT2D eigenvalue weighted by Crippen LogP contribution is 2.17. The Morgan fingerprint density at radius 3 is 2.21 bits per heavy atom. The Balaban J connectivity index is 4.38. The molecule has 0 radical (unpaired) electrons. The summed E-state index contributed by atoms with van der Waals surface area (Å²) in [5.74, 6) is 0.727. The van der Waals surface area contributed by atoms with Crippen molar-refractivity contribution in [3.8, 4) is 0 Å². The average molecular weight is 272 g/mol. The molecule has 0 aromatic heterocycles. The van der Waals surface area contributed by atoms with Crippen LogP contribution in [-0.4, -0.2) is 41.7 Å². The summed E-state index contributed by atoms with van der Waals surface area (Å²) in [6.45, 7) is 7.53. The lowest BCUT2D eigenvalue weighted by molar-refractivity contribution is -0.134. The third-order valence-electron chi connectivity index (χ3n) is 3.96. The topological polar surface area (TPSA) is 66.6 Å². The Morgan fingerprint density at radius 1 is 1.16 bits per heavy atom. The second-order valence-corrected chi connectivity index (χ2v) is 5.17. The number of nitrogens with zero attached hydrogens (tertiary/aromatic N) is 1. The number of aliphatic hydroxyl groups excluding tert-OH is 1. The SMILES string of the molecule is CCC(CCN)CCC(=O)N(CCO)C(CC)CC. The molecule has 0 aliphatic rings. The van der Waals surface area contributed by atoms with E-state index in [1.807, 2.05) is 4.90 Å². The van der Waals surface area contributed by atoms with E-state index in [0.717, 1.165) is 32.1 Å². The monoisotopic (exact) mass is 272 g/mol. The Hall–Kier alpha value is -0.610. The van der Waals surface area contributed by atoms with Crippen LogP contribution in [0.5, 0.6) is 0 Å². The van der Waals surface area contributed by atoms with E-state index in [1.54, 1.807) is 0 Å². The van der Waals surface area contributed by atoms with Crippen LogP contribution >= 0.6 is 0 Å². The van der Waals surface area contributed by atoms with Gasteiger partial charge >= 0.3 is 0 Å². The van der Waals surface area contributed by atoms with Gasteiger partial charge in [-0.15, -0.1) is 0 Å². The van der Waals surface area contributed by atoms with Crippen molar-refractivity contribution in [3.05, 3.63) is 0 Å². The van der Waals surface area contributed by atoms with E-state index in [9.17, 15) is 4.79 Å². The number of amides is 1. The fourth-order valence-corrected chi connectivity index (χ4v) is 2.61. The highest BCUT2D eigenvalue weighted by atomic mass is 16.3. The Bertz CT molecular complexity index is 230. The van der Waals surface area contributed by atoms with Crippen LogP contribution < -0.4 is 5.73 Å². The van der Waals surface area contributed by atoms with E-state index in [1.165, 1.54) is 0 Å². The lowest BCUT2D eigenvalue weighted by Crippen LogP contribution is -2.41. The van der Waals surface area contributed by atoms with Gasteiger partial charge in [-0.3, -0.25) is 4.79 Å². The van der Waals surface area contributed by atoms with Crippen molar-refractivity contribution < 1.29 is 9.90 Å². The molecular weight excluding hydrogens is 240 g/mol. The number of hydrogen-bond acceptors (Lipinski definition) is 3. The minimum atomic E-state index is 0.0439. The highest BCUT2D eigenvalue weighted by Gasteiger charge is 2.21. The van der Waals surface area contributed by atoms with Crippen molar-refractivity contribution in [1.82, 2.24) is 4.90 Å². The molecule has 0 fully saturated rings. The van der Waals surface area contributed by atoms with Crippen molar-refractivity contribution in [2.75, 3.05) is 19.7 Å². The lowest BCUT2D eigenvalue weighted by Gasteiger charge is -2.30. The Labute approximate surface area is 118 Å². The lowest BCUT2D eigenvalue weighted by atomic mass is 9.96. The van der Waals surface area contributed by atoms with Crippen LogP contribution in [0.3, 0.4) is 0 Å². The summed E-state index contributed by atoms with van der Waals surface area (Å²) < 4.78 is 0. The first-order valence-electron chi connectivity index (χ1n) is 7.74. The minimum Gasteiger partial charge on any atom is -0.395 e. The predicted octanol–water partition coefficient (Wildman–Crippen LogP) is 2.15. The van der Waals surface area contributed by atoms with Crippen LogP contribution in [0.1, 0.15) is 59.3 Å². The maximum atomic E-state index is 12.3. The van der Waals surface area contributed by atoms with E-state index in [2.05, 4.69) is 20.8 Å². The number of aliphatic hydroxyl groups is 1. The second-order valence-electron chi connectivity index (χ2n) is 5.17. The first-order valence-corrected chi connectivity index (χ1v) is 7.74. The molecule has 0 saturated carbocycles. The molecule has 0 aliphatic carbocycles. The van der Waals surface area contributed by atoms with Gasteiger partial charge in [-0.25, -0.2) is 0 Å². The largest absolute Gasteiger partial charge is 0.395 e. The van der Waals surface area contributed by atoms with Gasteiger partial charge < -0.3 is 15.7 Å². The van der Waals surface area contributed by atoms with Gasteiger partial charge in [-0.2, -0.15) is 0 Å². The number of rotatable bonds is 11. The third-order valence-corrected chi connectivity index (χ3v) is 3.96. The summed E-state index contributed by atoms with van der Waals surface area (Å²) in [7, 11) is 0. The summed E-state index contributed by atoms with van der Waals surface area (Å²) in [6, 6.07) is 0.259. The van der Waals surface area contributed by atoms with E-state index in [0.29, 0.717) is 25.4 Å². The van der Waals surface area contributed by atoms with Gasteiger partial charge in [0.25, 0.3) is 0 Å². The smallest absolute Gasteiger partial charge is 0.222 e. The van der Waals surface area contributed by atoms with E-state index in [-0.39, 0.29) is 18.6 Å². The molecule has 0 aromatic carbocycles. The van der Waals surface area contributed by atoms with Crippen molar-refractivity contribution in [1.29, 1.82) is 0 Å². The number of nitrogens with two attached hydrogens (primary N) is 1. The molecule has 19 heavy (non-hydrogen) atoms. The van der Waals surface area contributed by atoms with Crippen LogP contribution in [-0.2, 0) is 4.79 Å². The number of carbonyl (C=O) groups is 1. The molecule has 0 heterocycles. The Kier molecular flexibility index (Phi) is 10.9. The van der Waals surface area contributed by atoms with Gasteiger partial charge in [0.15, 0.2) is 0 Å². The molecule has 0 spiro atoms. The number of carbonyl (C=O) groups excluding carboxylic acids is 1. The maximum absolute atomic E-state index is 12.3. The summed E-state index contributed by atoms with van der Waals surface area (Å²) in [5.41, 5.74) is 5.58. The highest BCUT2D eigenvalue weighted by molar-refractivity contribution is 5.76. The van der Waals surface area contributed by atoms with Gasteiger partial charge in [-0.05, 0) is 38.1 Å². The molecule has 0 aliphatic heterocycles. The zero-order valence-corrected chi connectivity index (χ0v) is 12.9. The van der Waals surface area contributed by atoms with Gasteiger partial charge in [0.1, 0.15) is 0 Å². The zero-order chi connectivity index (χ0) is 14.7. The minimum absolute atomic E-state index is 0.0439. The first-order chi connectivity index (χ1) is 9.14. The quantitative estimate of drug-likeness (QED) is 0.605. The van der Waals surface area contributed by atoms with E-state index >= 15 is 0 Å².